The van der Waals surface area contributed by atoms with Gasteiger partial charge < -0.3 is 8.83 Å². The molecule has 28 heavy (non-hydrogen) atoms. The molecule has 3 heterocycles. The average Bonchev–Trinajstić information content (AvgIpc) is 2.74. The summed E-state index contributed by atoms with van der Waals surface area (Å²) < 4.78 is 10.6. The van der Waals surface area contributed by atoms with Gasteiger partial charge in [0.05, 0.1) is 21.8 Å². The van der Waals surface area contributed by atoms with E-state index in [9.17, 15) is 9.59 Å². The van der Waals surface area contributed by atoms with Crippen molar-refractivity contribution in [3.63, 3.8) is 0 Å². The highest BCUT2D eigenvalue weighted by atomic mass is 16.4. The highest BCUT2D eigenvalue weighted by molar-refractivity contribution is 5.79. The fraction of sp³-hybridized carbons (Fsp3) is 0. The second kappa shape index (κ2) is 6.24. The molecule has 7 heteroatoms. The van der Waals surface area contributed by atoms with Gasteiger partial charge in [0.1, 0.15) is 11.4 Å². The summed E-state index contributed by atoms with van der Waals surface area (Å²) in [7, 11) is 0. The summed E-state index contributed by atoms with van der Waals surface area (Å²) in [5.41, 5.74) is 0.690. The van der Waals surface area contributed by atoms with Gasteiger partial charge in [-0.15, -0.1) is 0 Å². The summed E-state index contributed by atoms with van der Waals surface area (Å²) in [6, 6.07) is 18.8. The van der Waals surface area contributed by atoms with Gasteiger partial charge in [-0.2, -0.15) is 0 Å². The molecule has 3 aromatic heterocycles. The van der Waals surface area contributed by atoms with Crippen LogP contribution in [-0.2, 0) is 0 Å². The van der Waals surface area contributed by atoms with E-state index in [1.807, 2.05) is 0 Å². The summed E-state index contributed by atoms with van der Waals surface area (Å²) in [5.74, 6) is 0.155. The standard InChI is InChI=1S/C21H11N3O4/c25-20-12-6-1-3-8-14(12)23-18(27-20)16-10-5-11-17(22-16)19-24-15-9-4-2-7-13(15)21(26)28-19/h1-11H. The number of aromatic nitrogens is 3. The van der Waals surface area contributed by atoms with E-state index >= 15 is 0 Å². The third-order valence-electron chi connectivity index (χ3n) is 4.26. The van der Waals surface area contributed by atoms with Crippen molar-refractivity contribution < 1.29 is 8.83 Å². The van der Waals surface area contributed by atoms with Gasteiger partial charge in [-0.25, -0.2) is 24.5 Å². The van der Waals surface area contributed by atoms with Gasteiger partial charge in [0.15, 0.2) is 0 Å². The summed E-state index contributed by atoms with van der Waals surface area (Å²) >= 11 is 0. The number of pyridine rings is 1. The van der Waals surface area contributed by atoms with Gasteiger partial charge in [-0.05, 0) is 36.4 Å². The topological polar surface area (TPSA) is 99.1 Å². The largest absolute Gasteiger partial charge is 0.401 e. The van der Waals surface area contributed by atoms with Crippen molar-refractivity contribution in [2.24, 2.45) is 0 Å². The Balaban J connectivity index is 1.67. The average molecular weight is 369 g/mol. The lowest BCUT2D eigenvalue weighted by Crippen LogP contribution is -2.05. The molecular formula is C21H11N3O4. The third-order valence-corrected chi connectivity index (χ3v) is 4.26. The van der Waals surface area contributed by atoms with E-state index < -0.39 is 11.3 Å². The molecule has 2 aromatic carbocycles. The maximum Gasteiger partial charge on any atom is 0.347 e. The highest BCUT2D eigenvalue weighted by Gasteiger charge is 2.13. The van der Waals surface area contributed by atoms with Gasteiger partial charge in [0, 0.05) is 0 Å². The maximum absolute atomic E-state index is 12.2. The lowest BCUT2D eigenvalue weighted by Gasteiger charge is -2.04. The van der Waals surface area contributed by atoms with Crippen molar-refractivity contribution >= 4 is 21.8 Å². The molecule has 0 N–H and O–H groups in total. The zero-order chi connectivity index (χ0) is 19.1. The Morgan fingerprint density at radius 2 is 1.00 bits per heavy atom. The predicted octanol–water partition coefficient (Wildman–Crippen LogP) is 3.42. The summed E-state index contributed by atoms with van der Waals surface area (Å²) in [6.07, 6.45) is 0. The normalized spacial score (nSPS) is 11.1. The molecule has 0 unspecified atom stereocenters. The van der Waals surface area contributed by atoms with E-state index in [2.05, 4.69) is 15.0 Å². The summed E-state index contributed by atoms with van der Waals surface area (Å²) in [6.45, 7) is 0. The molecule has 0 atom stereocenters. The third kappa shape index (κ3) is 2.66. The van der Waals surface area contributed by atoms with E-state index in [-0.39, 0.29) is 11.8 Å². The fourth-order valence-electron chi connectivity index (χ4n) is 2.93. The predicted molar refractivity (Wildman–Crippen MR) is 103 cm³/mol. The maximum atomic E-state index is 12.2. The Bertz CT molecular complexity index is 1360. The first kappa shape index (κ1) is 16.1. The molecule has 5 aromatic rings. The lowest BCUT2D eigenvalue weighted by molar-refractivity contribution is 0.512. The van der Waals surface area contributed by atoms with Crippen molar-refractivity contribution in [2.45, 2.75) is 0 Å². The number of hydrogen-bond acceptors (Lipinski definition) is 7. The van der Waals surface area contributed by atoms with Crippen LogP contribution in [0.2, 0.25) is 0 Å². The number of rotatable bonds is 2. The number of para-hydroxylation sites is 2. The van der Waals surface area contributed by atoms with Crippen LogP contribution < -0.4 is 11.3 Å². The molecule has 0 bridgehead atoms. The minimum absolute atomic E-state index is 0.0775. The van der Waals surface area contributed by atoms with Crippen molar-refractivity contribution in [3.8, 4) is 23.2 Å². The second-order valence-corrected chi connectivity index (χ2v) is 6.06. The van der Waals surface area contributed by atoms with Crippen LogP contribution >= 0.6 is 0 Å². The van der Waals surface area contributed by atoms with Gasteiger partial charge >= 0.3 is 11.3 Å². The monoisotopic (exact) mass is 369 g/mol. The molecule has 0 aliphatic heterocycles. The van der Waals surface area contributed by atoms with E-state index in [0.717, 1.165) is 0 Å². The van der Waals surface area contributed by atoms with Crippen molar-refractivity contribution in [3.05, 3.63) is 87.6 Å². The molecule has 7 nitrogen and oxygen atoms in total. The zero-order valence-electron chi connectivity index (χ0n) is 14.3. The Morgan fingerprint density at radius 1 is 0.536 bits per heavy atom. The van der Waals surface area contributed by atoms with Crippen LogP contribution in [0.25, 0.3) is 45.0 Å². The molecule has 0 aliphatic rings. The molecular weight excluding hydrogens is 358 g/mol. The Morgan fingerprint density at radius 3 is 1.50 bits per heavy atom. The zero-order valence-corrected chi connectivity index (χ0v) is 14.3. The van der Waals surface area contributed by atoms with Crippen molar-refractivity contribution in [2.75, 3.05) is 0 Å². The Kier molecular flexibility index (Phi) is 3.58. The fourth-order valence-corrected chi connectivity index (χ4v) is 2.93. The van der Waals surface area contributed by atoms with Crippen LogP contribution in [0, 0.1) is 0 Å². The van der Waals surface area contributed by atoms with Gasteiger partial charge in [0.2, 0.25) is 11.8 Å². The Labute approximate surface area is 157 Å². The van der Waals surface area contributed by atoms with E-state index in [4.69, 9.17) is 8.83 Å². The van der Waals surface area contributed by atoms with Crippen LogP contribution in [-0.4, -0.2) is 15.0 Å². The first-order chi connectivity index (χ1) is 13.7. The van der Waals surface area contributed by atoms with Crippen molar-refractivity contribution in [1.29, 1.82) is 0 Å². The number of benzene rings is 2. The molecule has 0 radical (unpaired) electrons. The number of hydrogen-bond donors (Lipinski definition) is 0. The highest BCUT2D eigenvalue weighted by Crippen LogP contribution is 2.21. The minimum Gasteiger partial charge on any atom is -0.401 e. The van der Waals surface area contributed by atoms with Gasteiger partial charge in [-0.1, -0.05) is 30.3 Å². The number of fused-ring (bicyclic) bond motifs is 2. The molecule has 134 valence electrons. The van der Waals surface area contributed by atoms with Crippen molar-refractivity contribution in [1.82, 2.24) is 15.0 Å². The summed E-state index contributed by atoms with van der Waals surface area (Å²) in [4.78, 5) is 37.6. The van der Waals surface area contributed by atoms with Crippen LogP contribution in [0.15, 0.2) is 85.2 Å². The molecule has 0 saturated heterocycles. The molecule has 0 fully saturated rings. The SMILES string of the molecule is O=c1oc(-c2cccc(-c3nc4ccccc4c(=O)o3)n2)nc2ccccc12. The van der Waals surface area contributed by atoms with Crippen LogP contribution in [0.4, 0.5) is 0 Å². The first-order valence-electron chi connectivity index (χ1n) is 8.47. The van der Waals surface area contributed by atoms with E-state index in [0.29, 0.717) is 33.2 Å². The lowest BCUT2D eigenvalue weighted by atomic mass is 10.2. The number of nitrogens with zero attached hydrogens (tertiary/aromatic N) is 3. The minimum atomic E-state index is -0.497. The van der Waals surface area contributed by atoms with E-state index in [1.165, 1.54) is 0 Å². The second-order valence-electron chi connectivity index (χ2n) is 6.06. The van der Waals surface area contributed by atoms with E-state index in [1.54, 1.807) is 66.7 Å². The first-order valence-corrected chi connectivity index (χ1v) is 8.47. The molecule has 0 saturated carbocycles. The quantitative estimate of drug-likeness (QED) is 0.470. The molecule has 0 spiro atoms. The van der Waals surface area contributed by atoms with Gasteiger partial charge in [0.25, 0.3) is 0 Å². The summed E-state index contributed by atoms with van der Waals surface area (Å²) in [5, 5.41) is 0.786. The Hall–Kier alpha value is -4.13. The molecule has 0 aliphatic carbocycles. The van der Waals surface area contributed by atoms with Crippen LogP contribution in [0.1, 0.15) is 0 Å². The molecule has 0 amide bonds. The molecule has 5 rings (SSSR count). The van der Waals surface area contributed by atoms with Gasteiger partial charge in [-0.3, -0.25) is 0 Å². The smallest absolute Gasteiger partial charge is 0.347 e. The van der Waals surface area contributed by atoms with Crippen LogP contribution in [0.3, 0.4) is 0 Å². The van der Waals surface area contributed by atoms with Crippen LogP contribution in [0.5, 0.6) is 0 Å².